The van der Waals surface area contributed by atoms with Gasteiger partial charge in [-0.05, 0) is 40.5 Å². The van der Waals surface area contributed by atoms with Gasteiger partial charge in [0.2, 0.25) is 0 Å². The molecule has 0 aliphatic heterocycles. The predicted molar refractivity (Wildman–Crippen MR) is 80.0 cm³/mol. The van der Waals surface area contributed by atoms with Crippen molar-refractivity contribution >= 4 is 15.9 Å². The fourth-order valence-corrected chi connectivity index (χ4v) is 2.79. The summed E-state index contributed by atoms with van der Waals surface area (Å²) < 4.78 is 15.6. The van der Waals surface area contributed by atoms with Gasteiger partial charge in [0.15, 0.2) is 0 Å². The van der Waals surface area contributed by atoms with Crippen LogP contribution in [-0.4, -0.2) is 14.9 Å². The molecule has 1 atom stereocenters. The lowest BCUT2D eigenvalue weighted by atomic mass is 9.78. The van der Waals surface area contributed by atoms with Gasteiger partial charge in [0.25, 0.3) is 0 Å². The SMILES string of the molecule is CCn1ncc(Br)c1C(O)C(C)(C)c1ccc(F)cc1. The molecule has 0 saturated carbocycles. The molecule has 1 heterocycles. The van der Waals surface area contributed by atoms with Crippen LogP contribution in [0, 0.1) is 5.82 Å². The number of aliphatic hydroxyl groups is 1. The molecule has 1 aromatic heterocycles. The maximum Gasteiger partial charge on any atom is 0.123 e. The Morgan fingerprint density at radius 2 is 1.95 bits per heavy atom. The fourth-order valence-electron chi connectivity index (χ4n) is 2.27. The first kappa shape index (κ1) is 15.2. The van der Waals surface area contributed by atoms with Crippen molar-refractivity contribution in [1.82, 2.24) is 9.78 Å². The third kappa shape index (κ3) is 2.65. The van der Waals surface area contributed by atoms with E-state index in [1.54, 1.807) is 23.0 Å². The van der Waals surface area contributed by atoms with E-state index >= 15 is 0 Å². The summed E-state index contributed by atoms with van der Waals surface area (Å²) in [5.41, 5.74) is 1.06. The highest BCUT2D eigenvalue weighted by molar-refractivity contribution is 9.10. The minimum Gasteiger partial charge on any atom is -0.386 e. The summed E-state index contributed by atoms with van der Waals surface area (Å²) in [6.45, 7) is 6.52. The molecule has 1 aromatic carbocycles. The molecular formula is C15H18BrFN2O. The maximum atomic E-state index is 13.0. The van der Waals surface area contributed by atoms with Gasteiger partial charge in [-0.25, -0.2) is 4.39 Å². The van der Waals surface area contributed by atoms with Gasteiger partial charge >= 0.3 is 0 Å². The summed E-state index contributed by atoms with van der Waals surface area (Å²) in [6, 6.07) is 6.24. The fraction of sp³-hybridized carbons (Fsp3) is 0.400. The molecular weight excluding hydrogens is 323 g/mol. The van der Waals surface area contributed by atoms with Crippen molar-refractivity contribution in [2.24, 2.45) is 0 Å². The van der Waals surface area contributed by atoms with E-state index in [0.717, 1.165) is 15.7 Å². The van der Waals surface area contributed by atoms with E-state index in [1.807, 2.05) is 20.8 Å². The number of nitrogens with zero attached hydrogens (tertiary/aromatic N) is 2. The number of halogens is 2. The van der Waals surface area contributed by atoms with Crippen molar-refractivity contribution < 1.29 is 9.50 Å². The molecule has 3 nitrogen and oxygen atoms in total. The van der Waals surface area contributed by atoms with E-state index in [1.165, 1.54) is 12.1 Å². The number of aliphatic hydroxyl groups excluding tert-OH is 1. The van der Waals surface area contributed by atoms with E-state index in [2.05, 4.69) is 21.0 Å². The van der Waals surface area contributed by atoms with Crippen molar-refractivity contribution in [3.8, 4) is 0 Å². The minimum atomic E-state index is -0.746. The Bertz CT molecular complexity index is 592. The lowest BCUT2D eigenvalue weighted by molar-refractivity contribution is 0.0905. The Balaban J connectivity index is 2.42. The molecule has 108 valence electrons. The zero-order valence-electron chi connectivity index (χ0n) is 11.8. The minimum absolute atomic E-state index is 0.279. The predicted octanol–water partition coefficient (Wildman–Crippen LogP) is 3.82. The molecule has 0 aliphatic carbocycles. The molecule has 0 saturated heterocycles. The molecule has 0 radical (unpaired) electrons. The second-order valence-electron chi connectivity index (χ2n) is 5.32. The Labute approximate surface area is 126 Å². The number of hydrogen-bond acceptors (Lipinski definition) is 2. The highest BCUT2D eigenvalue weighted by Crippen LogP contribution is 2.39. The lowest BCUT2D eigenvalue weighted by Gasteiger charge is -2.31. The highest BCUT2D eigenvalue weighted by atomic mass is 79.9. The molecule has 1 N–H and O–H groups in total. The molecule has 2 aromatic rings. The summed E-state index contributed by atoms with van der Waals surface area (Å²) in [4.78, 5) is 0. The van der Waals surface area contributed by atoms with E-state index in [9.17, 15) is 9.50 Å². The van der Waals surface area contributed by atoms with Crippen LogP contribution in [0.1, 0.15) is 38.1 Å². The Hall–Kier alpha value is -1.20. The third-order valence-electron chi connectivity index (χ3n) is 3.66. The van der Waals surface area contributed by atoms with E-state index in [4.69, 9.17) is 0 Å². The zero-order chi connectivity index (χ0) is 14.9. The Morgan fingerprint density at radius 3 is 2.50 bits per heavy atom. The zero-order valence-corrected chi connectivity index (χ0v) is 13.4. The van der Waals surface area contributed by atoms with Crippen LogP contribution in [-0.2, 0) is 12.0 Å². The average Bonchev–Trinajstić information content (AvgIpc) is 2.79. The summed E-state index contributed by atoms with van der Waals surface area (Å²) in [5.74, 6) is -0.279. The Morgan fingerprint density at radius 1 is 1.35 bits per heavy atom. The molecule has 0 amide bonds. The van der Waals surface area contributed by atoms with Crippen LogP contribution in [0.25, 0.3) is 0 Å². The molecule has 2 rings (SSSR count). The number of aryl methyl sites for hydroxylation is 1. The van der Waals surface area contributed by atoms with Crippen LogP contribution < -0.4 is 0 Å². The van der Waals surface area contributed by atoms with Crippen LogP contribution in [0.4, 0.5) is 4.39 Å². The van der Waals surface area contributed by atoms with Crippen LogP contribution in [0.5, 0.6) is 0 Å². The summed E-state index contributed by atoms with van der Waals surface area (Å²) in [7, 11) is 0. The monoisotopic (exact) mass is 340 g/mol. The van der Waals surface area contributed by atoms with Gasteiger partial charge in [-0.15, -0.1) is 0 Å². The quantitative estimate of drug-likeness (QED) is 0.918. The highest BCUT2D eigenvalue weighted by Gasteiger charge is 2.34. The van der Waals surface area contributed by atoms with Gasteiger partial charge in [0, 0.05) is 12.0 Å². The summed E-state index contributed by atoms with van der Waals surface area (Å²) in [5, 5.41) is 15.0. The van der Waals surface area contributed by atoms with Crippen molar-refractivity contribution in [1.29, 1.82) is 0 Å². The smallest absolute Gasteiger partial charge is 0.123 e. The summed E-state index contributed by atoms with van der Waals surface area (Å²) in [6.07, 6.45) is 0.938. The normalized spacial score (nSPS) is 13.5. The van der Waals surface area contributed by atoms with Gasteiger partial charge in [0.05, 0.1) is 16.4 Å². The van der Waals surface area contributed by atoms with Gasteiger partial charge < -0.3 is 5.11 Å². The van der Waals surface area contributed by atoms with Crippen molar-refractivity contribution in [3.05, 3.63) is 52.0 Å². The largest absolute Gasteiger partial charge is 0.386 e. The first-order valence-corrected chi connectivity index (χ1v) is 7.32. The van der Waals surface area contributed by atoms with Gasteiger partial charge in [-0.2, -0.15) is 5.10 Å². The van der Waals surface area contributed by atoms with Crippen molar-refractivity contribution in [3.63, 3.8) is 0 Å². The second kappa shape index (κ2) is 5.66. The number of hydrogen-bond donors (Lipinski definition) is 1. The van der Waals surface area contributed by atoms with Crippen LogP contribution in [0.15, 0.2) is 34.9 Å². The van der Waals surface area contributed by atoms with Crippen LogP contribution in [0.3, 0.4) is 0 Å². The Kier molecular flexibility index (Phi) is 4.30. The molecule has 20 heavy (non-hydrogen) atoms. The first-order chi connectivity index (χ1) is 9.37. The number of aromatic nitrogens is 2. The lowest BCUT2D eigenvalue weighted by Crippen LogP contribution is -2.29. The number of benzene rings is 1. The molecule has 0 fully saturated rings. The van der Waals surface area contributed by atoms with Crippen molar-refractivity contribution in [2.45, 2.75) is 38.8 Å². The van der Waals surface area contributed by atoms with E-state index in [0.29, 0.717) is 6.54 Å². The molecule has 0 spiro atoms. The topological polar surface area (TPSA) is 38.0 Å². The molecule has 0 bridgehead atoms. The van der Waals surface area contributed by atoms with Gasteiger partial charge in [0.1, 0.15) is 11.9 Å². The van der Waals surface area contributed by atoms with Gasteiger partial charge in [-0.3, -0.25) is 4.68 Å². The standard InChI is InChI=1S/C15H18BrFN2O/c1-4-19-13(12(16)9-18-19)14(20)15(2,3)10-5-7-11(17)8-6-10/h5-9,14,20H,4H2,1-3H3. The van der Waals surface area contributed by atoms with Crippen molar-refractivity contribution in [2.75, 3.05) is 0 Å². The van der Waals surface area contributed by atoms with Crippen LogP contribution in [0.2, 0.25) is 0 Å². The second-order valence-corrected chi connectivity index (χ2v) is 6.18. The van der Waals surface area contributed by atoms with E-state index < -0.39 is 11.5 Å². The molecule has 0 aliphatic rings. The maximum absolute atomic E-state index is 13.0. The van der Waals surface area contributed by atoms with E-state index in [-0.39, 0.29) is 5.82 Å². The third-order valence-corrected chi connectivity index (χ3v) is 4.27. The number of rotatable bonds is 4. The average molecular weight is 341 g/mol. The first-order valence-electron chi connectivity index (χ1n) is 6.53. The summed E-state index contributed by atoms with van der Waals surface area (Å²) >= 11 is 3.43. The molecule has 1 unspecified atom stereocenters. The molecule has 5 heteroatoms. The van der Waals surface area contributed by atoms with Gasteiger partial charge in [-0.1, -0.05) is 26.0 Å². The van der Waals surface area contributed by atoms with Crippen LogP contribution >= 0.6 is 15.9 Å².